The monoisotopic (exact) mass is 444 g/mol. The highest BCUT2D eigenvalue weighted by Gasteiger charge is 2.26. The Hall–Kier alpha value is -3.05. The maximum Gasteiger partial charge on any atom is 0.322 e. The van der Waals surface area contributed by atoms with Gasteiger partial charge in [-0.05, 0) is 57.0 Å². The van der Waals surface area contributed by atoms with Gasteiger partial charge >= 0.3 is 6.01 Å². The summed E-state index contributed by atoms with van der Waals surface area (Å²) in [5.41, 5.74) is 0.930. The van der Waals surface area contributed by atoms with E-state index in [-0.39, 0.29) is 28.4 Å². The van der Waals surface area contributed by atoms with E-state index in [4.69, 9.17) is 4.42 Å². The number of hydrogen-bond acceptors (Lipinski definition) is 7. The van der Waals surface area contributed by atoms with Crippen molar-refractivity contribution in [1.29, 1.82) is 0 Å². The van der Waals surface area contributed by atoms with Crippen LogP contribution in [-0.2, 0) is 10.0 Å². The topological polar surface area (TPSA) is 123 Å². The van der Waals surface area contributed by atoms with Gasteiger partial charge in [0.25, 0.3) is 11.8 Å². The molecular weight excluding hydrogens is 420 g/mol. The fourth-order valence-electron chi connectivity index (χ4n) is 3.47. The maximum atomic E-state index is 12.7. The van der Waals surface area contributed by atoms with E-state index in [9.17, 15) is 13.2 Å². The quantitative estimate of drug-likeness (QED) is 0.620. The number of hydrogen-bond donors (Lipinski definition) is 1. The summed E-state index contributed by atoms with van der Waals surface area (Å²) in [6.45, 7) is 5.01. The third-order valence-corrected chi connectivity index (χ3v) is 7.01. The van der Waals surface area contributed by atoms with Crippen molar-refractivity contribution in [2.45, 2.75) is 44.0 Å². The predicted molar refractivity (Wildman–Crippen MR) is 113 cm³/mol. The second-order valence-electron chi connectivity index (χ2n) is 7.61. The first kappa shape index (κ1) is 21.2. The first-order valence-electron chi connectivity index (χ1n) is 10.2. The van der Waals surface area contributed by atoms with Crippen LogP contribution in [0.5, 0.6) is 0 Å². The molecule has 31 heavy (non-hydrogen) atoms. The van der Waals surface area contributed by atoms with E-state index >= 15 is 0 Å². The van der Waals surface area contributed by atoms with Gasteiger partial charge < -0.3 is 4.42 Å². The molecule has 1 amide bonds. The molecular formula is C20H24N6O4S. The van der Waals surface area contributed by atoms with Gasteiger partial charge in [0.05, 0.1) is 4.90 Å². The summed E-state index contributed by atoms with van der Waals surface area (Å²) < 4.78 is 34.3. The van der Waals surface area contributed by atoms with Crippen LogP contribution in [0.15, 0.2) is 45.8 Å². The van der Waals surface area contributed by atoms with Crippen molar-refractivity contribution in [1.82, 2.24) is 24.3 Å². The van der Waals surface area contributed by atoms with Gasteiger partial charge in [-0.3, -0.25) is 14.8 Å². The van der Waals surface area contributed by atoms with Crippen LogP contribution in [0.1, 0.15) is 49.5 Å². The predicted octanol–water partition coefficient (Wildman–Crippen LogP) is 2.94. The number of carbonyl (C=O) groups is 1. The van der Waals surface area contributed by atoms with Crippen molar-refractivity contribution in [3.63, 3.8) is 0 Å². The molecule has 0 bridgehead atoms. The second kappa shape index (κ2) is 8.60. The molecule has 4 rings (SSSR count). The van der Waals surface area contributed by atoms with Gasteiger partial charge in [-0.1, -0.05) is 11.5 Å². The zero-order valence-corrected chi connectivity index (χ0v) is 18.2. The van der Waals surface area contributed by atoms with Crippen LogP contribution in [0.2, 0.25) is 0 Å². The zero-order valence-electron chi connectivity index (χ0n) is 17.4. The van der Waals surface area contributed by atoms with Crippen LogP contribution in [-0.4, -0.2) is 51.7 Å². The number of benzene rings is 1. The summed E-state index contributed by atoms with van der Waals surface area (Å²) in [4.78, 5) is 12.7. The van der Waals surface area contributed by atoms with Gasteiger partial charge in [0.2, 0.25) is 10.0 Å². The number of sulfonamides is 1. The van der Waals surface area contributed by atoms with Gasteiger partial charge in [0.15, 0.2) is 0 Å². The largest absolute Gasteiger partial charge is 0.401 e. The molecule has 1 aliphatic rings. The standard InChI is InChI=1S/C20H24N6O4S/c1-14(2)26-17(10-11-21-26)19-23-24-20(30-19)22-18(27)15-6-8-16(9-7-15)31(28,29)25-12-4-3-5-13-25/h6-11,14H,3-5,12-13H2,1-2H3,(H,22,24,27). The normalized spacial score (nSPS) is 15.3. The Labute approximate surface area is 180 Å². The molecule has 1 aromatic carbocycles. The fourth-order valence-corrected chi connectivity index (χ4v) is 4.99. The molecule has 1 aliphatic heterocycles. The van der Waals surface area contributed by atoms with E-state index in [1.807, 2.05) is 13.8 Å². The first-order chi connectivity index (χ1) is 14.9. The van der Waals surface area contributed by atoms with Gasteiger partial charge in [0.1, 0.15) is 5.69 Å². The Morgan fingerprint density at radius 1 is 1.06 bits per heavy atom. The van der Waals surface area contributed by atoms with Crippen LogP contribution in [0.4, 0.5) is 6.01 Å². The highest BCUT2D eigenvalue weighted by molar-refractivity contribution is 7.89. The lowest BCUT2D eigenvalue weighted by molar-refractivity contribution is 0.102. The SMILES string of the molecule is CC(C)n1nccc1-c1nnc(NC(=O)c2ccc(S(=O)(=O)N3CCCCC3)cc2)o1. The average molecular weight is 445 g/mol. The van der Waals surface area contributed by atoms with E-state index in [0.29, 0.717) is 18.8 Å². The third kappa shape index (κ3) is 4.37. The minimum Gasteiger partial charge on any atom is -0.401 e. The van der Waals surface area contributed by atoms with Crippen molar-refractivity contribution in [2.75, 3.05) is 18.4 Å². The van der Waals surface area contributed by atoms with Gasteiger partial charge in [-0.25, -0.2) is 8.42 Å². The number of nitrogens with one attached hydrogen (secondary N) is 1. The molecule has 0 aliphatic carbocycles. The van der Waals surface area contributed by atoms with Crippen molar-refractivity contribution < 1.29 is 17.6 Å². The van der Waals surface area contributed by atoms with Gasteiger partial charge in [0, 0.05) is 30.9 Å². The number of amides is 1. The molecule has 0 unspecified atom stereocenters. The molecule has 0 atom stereocenters. The molecule has 164 valence electrons. The van der Waals surface area contributed by atoms with E-state index < -0.39 is 15.9 Å². The van der Waals surface area contributed by atoms with Gasteiger partial charge in [-0.15, -0.1) is 5.10 Å². The Bertz CT molecular complexity index is 1160. The molecule has 0 spiro atoms. The number of aromatic nitrogens is 4. The van der Waals surface area contributed by atoms with Crippen LogP contribution in [0, 0.1) is 0 Å². The maximum absolute atomic E-state index is 12.7. The molecule has 0 radical (unpaired) electrons. The Kier molecular flexibility index (Phi) is 5.88. The Balaban J connectivity index is 1.46. The average Bonchev–Trinajstić information content (AvgIpc) is 3.44. The smallest absolute Gasteiger partial charge is 0.322 e. The third-order valence-electron chi connectivity index (χ3n) is 5.09. The molecule has 0 saturated carbocycles. The van der Waals surface area contributed by atoms with Crippen molar-refractivity contribution in [3.05, 3.63) is 42.1 Å². The summed E-state index contributed by atoms with van der Waals surface area (Å²) in [5, 5.41) is 14.6. The van der Waals surface area contributed by atoms with Crippen molar-refractivity contribution in [3.8, 4) is 11.6 Å². The van der Waals surface area contributed by atoms with E-state index in [2.05, 4.69) is 20.6 Å². The van der Waals surface area contributed by atoms with E-state index in [0.717, 1.165) is 19.3 Å². The molecule has 1 saturated heterocycles. The molecule has 2 aromatic heterocycles. The van der Waals surface area contributed by atoms with Crippen LogP contribution in [0.3, 0.4) is 0 Å². The number of rotatable bonds is 6. The summed E-state index contributed by atoms with van der Waals surface area (Å²) in [7, 11) is -3.54. The molecule has 11 heteroatoms. The van der Waals surface area contributed by atoms with E-state index in [1.54, 1.807) is 16.9 Å². The Morgan fingerprint density at radius 2 is 1.77 bits per heavy atom. The summed E-state index contributed by atoms with van der Waals surface area (Å²) >= 11 is 0. The molecule has 1 N–H and O–H groups in total. The Morgan fingerprint density at radius 3 is 2.45 bits per heavy atom. The summed E-state index contributed by atoms with van der Waals surface area (Å²) in [6, 6.07) is 7.63. The molecule has 3 heterocycles. The van der Waals surface area contributed by atoms with Gasteiger partial charge in [-0.2, -0.15) is 9.40 Å². The second-order valence-corrected chi connectivity index (χ2v) is 9.55. The first-order valence-corrected chi connectivity index (χ1v) is 11.6. The molecule has 1 fully saturated rings. The lowest BCUT2D eigenvalue weighted by atomic mass is 10.2. The number of carbonyl (C=O) groups excluding carboxylic acids is 1. The van der Waals surface area contributed by atoms with Crippen LogP contribution < -0.4 is 5.32 Å². The van der Waals surface area contributed by atoms with Crippen molar-refractivity contribution in [2.24, 2.45) is 0 Å². The minimum atomic E-state index is -3.54. The van der Waals surface area contributed by atoms with Crippen molar-refractivity contribution >= 4 is 21.9 Å². The summed E-state index contributed by atoms with van der Waals surface area (Å²) in [5.74, 6) is -0.237. The molecule has 10 nitrogen and oxygen atoms in total. The minimum absolute atomic E-state index is 0.0541. The highest BCUT2D eigenvalue weighted by atomic mass is 32.2. The number of anilines is 1. The highest BCUT2D eigenvalue weighted by Crippen LogP contribution is 2.23. The summed E-state index contributed by atoms with van der Waals surface area (Å²) in [6.07, 6.45) is 4.41. The lowest BCUT2D eigenvalue weighted by Gasteiger charge is -2.25. The van der Waals surface area contributed by atoms with Crippen LogP contribution >= 0.6 is 0 Å². The van der Waals surface area contributed by atoms with E-state index in [1.165, 1.54) is 28.6 Å². The number of piperidine rings is 1. The molecule has 3 aromatic rings. The number of nitrogens with zero attached hydrogens (tertiary/aromatic N) is 5. The lowest BCUT2D eigenvalue weighted by Crippen LogP contribution is -2.35. The fraction of sp³-hybridized carbons (Fsp3) is 0.400. The van der Waals surface area contributed by atoms with Crippen LogP contribution in [0.25, 0.3) is 11.6 Å². The zero-order chi connectivity index (χ0) is 22.0.